The molecule has 40 heavy (non-hydrogen) atoms. The van der Waals surface area contributed by atoms with Gasteiger partial charge in [-0.1, -0.05) is 38.6 Å². The van der Waals surface area contributed by atoms with Crippen LogP contribution in [0.1, 0.15) is 65.5 Å². The Balaban J connectivity index is 1.52. The van der Waals surface area contributed by atoms with Crippen molar-refractivity contribution in [2.75, 3.05) is 6.54 Å². The van der Waals surface area contributed by atoms with Gasteiger partial charge in [0.05, 0.1) is 22.6 Å². The van der Waals surface area contributed by atoms with Crippen LogP contribution in [0.4, 0.5) is 22.0 Å². The first-order valence-electron chi connectivity index (χ1n) is 13.5. The summed E-state index contributed by atoms with van der Waals surface area (Å²) in [6.07, 6.45) is -4.49. The van der Waals surface area contributed by atoms with E-state index in [1.54, 1.807) is 11.1 Å². The lowest BCUT2D eigenvalue weighted by atomic mass is 9.88. The van der Waals surface area contributed by atoms with Gasteiger partial charge in [-0.2, -0.15) is 18.3 Å². The van der Waals surface area contributed by atoms with Crippen molar-refractivity contribution in [3.05, 3.63) is 88.1 Å². The standard InChI is InChI=1S/C30H30F5N5/c1-4-18-6-5-7-19-12-23(31)17(3)26-21(8-10-36-26)16(2)27-22-15-39(11-9-25(22)38-40(27)28(18)19)29-24(32)13-20(14-37-29)30(33,34)35/h5-8,10,14,17,23-24,36H,2,4,9,11-13,15H2,1,3H3. The summed E-state index contributed by atoms with van der Waals surface area (Å²) in [6.45, 7) is 8.93. The van der Waals surface area contributed by atoms with E-state index in [9.17, 15) is 13.2 Å². The normalized spacial score (nSPS) is 23.0. The van der Waals surface area contributed by atoms with Gasteiger partial charge in [-0.05, 0) is 23.6 Å². The Kier molecular flexibility index (Phi) is 6.46. The number of hydrogen-bond acceptors (Lipinski definition) is 3. The van der Waals surface area contributed by atoms with Crippen LogP contribution in [0.15, 0.2) is 53.8 Å². The molecule has 0 aliphatic carbocycles. The third-order valence-electron chi connectivity index (χ3n) is 8.35. The largest absolute Gasteiger partial charge is 0.414 e. The maximum Gasteiger partial charge on any atom is 0.414 e. The highest BCUT2D eigenvalue weighted by molar-refractivity contribution is 5.89. The second-order valence-corrected chi connectivity index (χ2v) is 10.7. The van der Waals surface area contributed by atoms with Gasteiger partial charge < -0.3 is 9.88 Å². The summed E-state index contributed by atoms with van der Waals surface area (Å²) in [7, 11) is 0. The van der Waals surface area contributed by atoms with Crippen LogP contribution >= 0.6 is 0 Å². The molecular formula is C30H30F5N5. The fraction of sp³-hybridized carbons (Fsp3) is 0.400. The maximum atomic E-state index is 15.7. The van der Waals surface area contributed by atoms with E-state index in [0.29, 0.717) is 25.0 Å². The quantitative estimate of drug-likeness (QED) is 0.337. The minimum absolute atomic E-state index is 0.00467. The van der Waals surface area contributed by atoms with Gasteiger partial charge in [0.15, 0.2) is 6.17 Å². The Morgan fingerprint density at radius 3 is 2.67 bits per heavy atom. The van der Waals surface area contributed by atoms with Crippen molar-refractivity contribution in [2.45, 2.75) is 70.5 Å². The molecule has 3 unspecified atom stereocenters. The number of halogens is 5. The lowest BCUT2D eigenvalue weighted by Crippen LogP contribution is -2.42. The molecule has 0 bridgehead atoms. The van der Waals surface area contributed by atoms with Crippen LogP contribution in [0.3, 0.4) is 0 Å². The second-order valence-electron chi connectivity index (χ2n) is 10.7. The molecule has 2 aromatic heterocycles. The lowest BCUT2D eigenvalue weighted by Gasteiger charge is -2.33. The molecule has 3 aromatic rings. The number of nitrogens with one attached hydrogen (secondary N) is 1. The zero-order valence-electron chi connectivity index (χ0n) is 22.3. The van der Waals surface area contributed by atoms with Gasteiger partial charge in [0, 0.05) is 73.1 Å². The minimum atomic E-state index is -4.61. The molecule has 3 aliphatic heterocycles. The second kappa shape index (κ2) is 9.74. The van der Waals surface area contributed by atoms with Crippen LogP contribution in [0.2, 0.25) is 0 Å². The first-order valence-corrected chi connectivity index (χ1v) is 13.5. The number of aliphatic imine (C=N–C) groups is 1. The zero-order chi connectivity index (χ0) is 28.3. The number of nitrogens with zero attached hydrogens (tertiary/aromatic N) is 4. The maximum absolute atomic E-state index is 15.7. The van der Waals surface area contributed by atoms with Gasteiger partial charge in [0.2, 0.25) is 0 Å². The number of aromatic amines is 1. The Morgan fingerprint density at radius 1 is 1.15 bits per heavy atom. The molecular weight excluding hydrogens is 525 g/mol. The summed E-state index contributed by atoms with van der Waals surface area (Å²) in [5, 5.41) is 5.01. The van der Waals surface area contributed by atoms with E-state index in [2.05, 4.69) is 16.6 Å². The number of alkyl halides is 5. The van der Waals surface area contributed by atoms with E-state index >= 15 is 8.78 Å². The van der Waals surface area contributed by atoms with Gasteiger partial charge >= 0.3 is 6.18 Å². The minimum Gasteiger partial charge on any atom is -0.364 e. The summed E-state index contributed by atoms with van der Waals surface area (Å²) >= 11 is 0. The zero-order valence-corrected chi connectivity index (χ0v) is 22.3. The van der Waals surface area contributed by atoms with E-state index in [4.69, 9.17) is 5.10 Å². The molecule has 10 heteroatoms. The van der Waals surface area contributed by atoms with Crippen LogP contribution in [-0.4, -0.2) is 50.6 Å². The molecule has 1 aromatic carbocycles. The Labute approximate surface area is 229 Å². The summed E-state index contributed by atoms with van der Waals surface area (Å²) in [6, 6.07) is 7.76. The lowest BCUT2D eigenvalue weighted by molar-refractivity contribution is -0.0955. The highest BCUT2D eigenvalue weighted by Crippen LogP contribution is 2.40. The van der Waals surface area contributed by atoms with E-state index in [0.717, 1.165) is 51.2 Å². The molecule has 5 heterocycles. The summed E-state index contributed by atoms with van der Waals surface area (Å²) in [4.78, 5) is 8.84. The van der Waals surface area contributed by atoms with E-state index < -0.39 is 36.4 Å². The Hall–Kier alpha value is -3.69. The number of para-hydroxylation sites is 1. The number of allylic oxidation sites excluding steroid dienone is 1. The average molecular weight is 556 g/mol. The smallest absolute Gasteiger partial charge is 0.364 e. The summed E-state index contributed by atoms with van der Waals surface area (Å²) < 4.78 is 72.2. The van der Waals surface area contributed by atoms with Gasteiger partial charge in [-0.3, -0.25) is 0 Å². The number of benzene rings is 1. The fourth-order valence-corrected chi connectivity index (χ4v) is 6.16. The number of amidine groups is 1. The Bertz CT molecular complexity index is 1540. The van der Waals surface area contributed by atoms with Crippen molar-refractivity contribution >= 4 is 11.4 Å². The molecule has 3 atom stereocenters. The predicted molar refractivity (Wildman–Crippen MR) is 144 cm³/mol. The van der Waals surface area contributed by atoms with Crippen LogP contribution in [0, 0.1) is 0 Å². The SMILES string of the molecule is C=C1c2cc[nH]c2C(C)C(F)Cc2cccc(CC)c2-n2nc3c(c21)CN(C1=NC=C(C(F)(F)F)CC1F)CC3. The number of aromatic nitrogens is 3. The van der Waals surface area contributed by atoms with Gasteiger partial charge in [0.25, 0.3) is 0 Å². The first-order chi connectivity index (χ1) is 19.1. The third kappa shape index (κ3) is 4.28. The molecule has 0 saturated heterocycles. The molecule has 210 valence electrons. The molecule has 6 rings (SSSR count). The molecule has 0 fully saturated rings. The highest BCUT2D eigenvalue weighted by Gasteiger charge is 2.40. The predicted octanol–water partition coefficient (Wildman–Crippen LogP) is 6.77. The molecule has 5 nitrogen and oxygen atoms in total. The molecule has 0 saturated carbocycles. The summed E-state index contributed by atoms with van der Waals surface area (Å²) in [5.74, 6) is -0.421. The van der Waals surface area contributed by atoms with Crippen molar-refractivity contribution in [3.63, 3.8) is 0 Å². The number of fused-ring (bicyclic) bond motifs is 6. The number of H-pyrrole nitrogens is 1. The van der Waals surface area contributed by atoms with Gasteiger partial charge in [0.1, 0.15) is 12.0 Å². The summed E-state index contributed by atoms with van der Waals surface area (Å²) in [5.41, 5.74) is 6.27. The van der Waals surface area contributed by atoms with Crippen molar-refractivity contribution in [2.24, 2.45) is 4.99 Å². The number of hydrogen-bond donors (Lipinski definition) is 1. The van der Waals surface area contributed by atoms with Crippen molar-refractivity contribution in [3.8, 4) is 5.69 Å². The molecule has 1 N–H and O–H groups in total. The number of rotatable bonds is 1. The van der Waals surface area contributed by atoms with Crippen LogP contribution in [0.5, 0.6) is 0 Å². The van der Waals surface area contributed by atoms with Gasteiger partial charge in [-0.15, -0.1) is 0 Å². The average Bonchev–Trinajstić information content (AvgIpc) is 3.56. The molecule has 3 aliphatic rings. The Morgan fingerprint density at radius 2 is 1.95 bits per heavy atom. The van der Waals surface area contributed by atoms with Crippen LogP contribution < -0.4 is 0 Å². The monoisotopic (exact) mass is 555 g/mol. The third-order valence-corrected chi connectivity index (χ3v) is 8.35. The van der Waals surface area contributed by atoms with Crippen molar-refractivity contribution < 1.29 is 22.0 Å². The highest BCUT2D eigenvalue weighted by atomic mass is 19.4. The molecule has 0 radical (unpaired) electrons. The fourth-order valence-electron chi connectivity index (χ4n) is 6.16. The van der Waals surface area contributed by atoms with E-state index in [1.165, 1.54) is 0 Å². The van der Waals surface area contributed by atoms with E-state index in [-0.39, 0.29) is 18.8 Å². The van der Waals surface area contributed by atoms with Crippen molar-refractivity contribution in [1.82, 2.24) is 19.7 Å². The number of aryl methyl sites for hydroxylation is 1. The van der Waals surface area contributed by atoms with Gasteiger partial charge in [-0.25, -0.2) is 18.5 Å². The van der Waals surface area contributed by atoms with E-state index in [1.807, 2.05) is 42.8 Å². The molecule has 0 spiro atoms. The van der Waals surface area contributed by atoms with Crippen molar-refractivity contribution in [1.29, 1.82) is 0 Å². The first kappa shape index (κ1) is 26.5. The van der Waals surface area contributed by atoms with Crippen LogP contribution in [-0.2, 0) is 25.8 Å². The topological polar surface area (TPSA) is 49.2 Å². The van der Waals surface area contributed by atoms with Crippen LogP contribution in [0.25, 0.3) is 11.3 Å². The molecule has 0 amide bonds.